The van der Waals surface area contributed by atoms with Gasteiger partial charge in [-0.25, -0.2) is 0 Å². The molecule has 110 valence electrons. The van der Waals surface area contributed by atoms with E-state index in [1.807, 2.05) is 25.1 Å². The first-order valence-corrected chi connectivity index (χ1v) is 6.63. The molecule has 0 radical (unpaired) electrons. The number of hydrogen-bond acceptors (Lipinski definition) is 6. The van der Waals surface area contributed by atoms with Gasteiger partial charge in [0.15, 0.2) is 0 Å². The highest BCUT2D eigenvalue weighted by Crippen LogP contribution is 2.19. The van der Waals surface area contributed by atoms with E-state index in [-0.39, 0.29) is 18.1 Å². The van der Waals surface area contributed by atoms with Crippen LogP contribution in [0.25, 0.3) is 5.69 Å². The van der Waals surface area contributed by atoms with Crippen molar-refractivity contribution >= 4 is 11.6 Å². The van der Waals surface area contributed by atoms with Gasteiger partial charge in [-0.3, -0.25) is 4.79 Å². The van der Waals surface area contributed by atoms with Gasteiger partial charge >= 0.3 is 0 Å². The number of aromatic nitrogens is 4. The summed E-state index contributed by atoms with van der Waals surface area (Å²) >= 11 is 0. The number of carbonyl (C=O) groups excluding carboxylic acids is 1. The smallest absolute Gasteiger partial charge is 0.250 e. The molecular formula is C13H16N6O2. The van der Waals surface area contributed by atoms with Gasteiger partial charge in [-0.2, -0.15) is 4.68 Å². The van der Waals surface area contributed by atoms with Crippen LogP contribution in [0.4, 0.5) is 5.69 Å². The monoisotopic (exact) mass is 288 g/mol. The summed E-state index contributed by atoms with van der Waals surface area (Å²) in [5.74, 6) is -0.205. The first kappa shape index (κ1) is 13.7. The van der Waals surface area contributed by atoms with E-state index in [9.17, 15) is 4.79 Å². The second kappa shape index (κ2) is 5.58. The Bertz CT molecular complexity index is 623. The fourth-order valence-electron chi connectivity index (χ4n) is 2.06. The molecule has 1 aromatic carbocycles. The molecule has 0 bridgehead atoms. The van der Waals surface area contributed by atoms with Crippen LogP contribution in [0.5, 0.6) is 0 Å². The number of hydrogen-bond donors (Lipinski definition) is 2. The Morgan fingerprint density at radius 3 is 2.95 bits per heavy atom. The zero-order valence-corrected chi connectivity index (χ0v) is 11.6. The highest BCUT2D eigenvalue weighted by Gasteiger charge is 2.33. The van der Waals surface area contributed by atoms with Crippen LogP contribution < -0.4 is 10.6 Å². The summed E-state index contributed by atoms with van der Waals surface area (Å²) in [7, 11) is 0. The summed E-state index contributed by atoms with van der Waals surface area (Å²) < 4.78 is 7.10. The third kappa shape index (κ3) is 3.06. The highest BCUT2D eigenvalue weighted by molar-refractivity contribution is 5.93. The Balaban J connectivity index is 1.66. The van der Waals surface area contributed by atoms with Gasteiger partial charge in [-0.1, -0.05) is 12.1 Å². The van der Waals surface area contributed by atoms with Gasteiger partial charge in [-0.15, -0.1) is 5.10 Å². The van der Waals surface area contributed by atoms with Crippen molar-refractivity contribution in [2.75, 3.05) is 25.0 Å². The summed E-state index contributed by atoms with van der Waals surface area (Å²) in [6.07, 6.45) is 1.47. The highest BCUT2D eigenvalue weighted by atomic mass is 16.5. The van der Waals surface area contributed by atoms with Crippen molar-refractivity contribution < 1.29 is 9.53 Å². The Morgan fingerprint density at radius 1 is 1.48 bits per heavy atom. The average Bonchev–Trinajstić information content (AvgIpc) is 2.98. The van der Waals surface area contributed by atoms with E-state index in [0.29, 0.717) is 11.4 Å². The topological polar surface area (TPSA) is 94.0 Å². The summed E-state index contributed by atoms with van der Waals surface area (Å²) in [5, 5.41) is 17.0. The predicted molar refractivity (Wildman–Crippen MR) is 75.0 cm³/mol. The molecule has 2 heterocycles. The number of rotatable bonds is 5. The van der Waals surface area contributed by atoms with Crippen LogP contribution in [0.1, 0.15) is 6.92 Å². The average molecular weight is 288 g/mol. The molecule has 1 aliphatic heterocycles. The minimum absolute atomic E-state index is 0.0160. The van der Waals surface area contributed by atoms with E-state index in [1.165, 1.54) is 11.0 Å². The van der Waals surface area contributed by atoms with Gasteiger partial charge < -0.3 is 15.4 Å². The number of amides is 1. The first-order chi connectivity index (χ1) is 10.2. The molecule has 0 saturated carbocycles. The van der Waals surface area contributed by atoms with Gasteiger partial charge in [0.1, 0.15) is 12.9 Å². The minimum atomic E-state index is -0.243. The maximum absolute atomic E-state index is 12.0. The van der Waals surface area contributed by atoms with Crippen molar-refractivity contribution in [3.05, 3.63) is 30.6 Å². The molecule has 8 nitrogen and oxygen atoms in total. The quantitative estimate of drug-likeness (QED) is 0.803. The fraction of sp³-hybridized carbons (Fsp3) is 0.385. The normalized spacial score (nSPS) is 16.2. The van der Waals surface area contributed by atoms with E-state index >= 15 is 0 Å². The second-order valence-electron chi connectivity index (χ2n) is 5.16. The number of ether oxygens (including phenoxy) is 1. The zero-order valence-electron chi connectivity index (χ0n) is 11.6. The molecule has 1 fully saturated rings. The standard InChI is InChI=1S/C13H16N6O2/c1-13(7-14-8-13)21-6-12(20)16-10-4-2-3-5-11(10)19-9-15-17-18-19/h2-5,9,14H,6-8H2,1H3,(H,16,20). The molecule has 21 heavy (non-hydrogen) atoms. The van der Waals surface area contributed by atoms with Crippen molar-refractivity contribution in [2.45, 2.75) is 12.5 Å². The molecule has 8 heteroatoms. The minimum Gasteiger partial charge on any atom is -0.363 e. The predicted octanol–water partition coefficient (Wildman–Crippen LogP) is -0.0207. The van der Waals surface area contributed by atoms with E-state index < -0.39 is 0 Å². The molecule has 2 N–H and O–H groups in total. The summed E-state index contributed by atoms with van der Waals surface area (Å²) in [6.45, 7) is 3.52. The lowest BCUT2D eigenvalue weighted by Crippen LogP contribution is -2.59. The molecule has 1 amide bonds. The maximum Gasteiger partial charge on any atom is 0.250 e. The Labute approximate surface area is 121 Å². The number of carbonyl (C=O) groups is 1. The number of para-hydroxylation sites is 2. The number of benzene rings is 1. The number of anilines is 1. The van der Waals surface area contributed by atoms with Crippen molar-refractivity contribution in [2.24, 2.45) is 0 Å². The maximum atomic E-state index is 12.0. The number of nitrogens with zero attached hydrogens (tertiary/aromatic N) is 4. The van der Waals surface area contributed by atoms with Crippen molar-refractivity contribution in [1.29, 1.82) is 0 Å². The van der Waals surface area contributed by atoms with E-state index in [1.54, 1.807) is 6.07 Å². The largest absolute Gasteiger partial charge is 0.363 e. The molecule has 1 aliphatic rings. The molecule has 0 spiro atoms. The Hall–Kier alpha value is -2.32. The second-order valence-corrected chi connectivity index (χ2v) is 5.16. The fourth-order valence-corrected chi connectivity index (χ4v) is 2.06. The van der Waals surface area contributed by atoms with Crippen molar-refractivity contribution in [3.63, 3.8) is 0 Å². The molecule has 0 aliphatic carbocycles. The lowest BCUT2D eigenvalue weighted by atomic mass is 10.0. The molecule has 1 saturated heterocycles. The van der Waals surface area contributed by atoms with Crippen LogP contribution in [0.3, 0.4) is 0 Å². The van der Waals surface area contributed by atoms with Gasteiger partial charge in [0.25, 0.3) is 0 Å². The van der Waals surface area contributed by atoms with Gasteiger partial charge in [0.2, 0.25) is 5.91 Å². The Morgan fingerprint density at radius 2 is 2.29 bits per heavy atom. The van der Waals surface area contributed by atoms with Gasteiger partial charge in [-0.05, 0) is 29.5 Å². The van der Waals surface area contributed by atoms with Crippen LogP contribution in [0.2, 0.25) is 0 Å². The summed E-state index contributed by atoms with van der Waals surface area (Å²) in [6, 6.07) is 7.30. The number of tetrazole rings is 1. The van der Waals surface area contributed by atoms with E-state index in [2.05, 4.69) is 26.2 Å². The molecule has 1 aromatic heterocycles. The van der Waals surface area contributed by atoms with Gasteiger partial charge in [0, 0.05) is 13.1 Å². The van der Waals surface area contributed by atoms with Crippen molar-refractivity contribution in [3.8, 4) is 5.69 Å². The number of nitrogens with one attached hydrogen (secondary N) is 2. The molecule has 0 atom stereocenters. The molecule has 0 unspecified atom stereocenters. The van der Waals surface area contributed by atoms with Crippen LogP contribution in [-0.4, -0.2) is 51.4 Å². The molecular weight excluding hydrogens is 272 g/mol. The van der Waals surface area contributed by atoms with Crippen molar-refractivity contribution in [1.82, 2.24) is 25.5 Å². The van der Waals surface area contributed by atoms with E-state index in [4.69, 9.17) is 4.74 Å². The van der Waals surface area contributed by atoms with Crippen LogP contribution in [-0.2, 0) is 9.53 Å². The van der Waals surface area contributed by atoms with E-state index in [0.717, 1.165) is 13.1 Å². The summed E-state index contributed by atoms with van der Waals surface area (Å²) in [5.41, 5.74) is 1.09. The van der Waals surface area contributed by atoms with Gasteiger partial charge in [0.05, 0.1) is 17.0 Å². The van der Waals surface area contributed by atoms with Crippen LogP contribution in [0, 0.1) is 0 Å². The summed E-state index contributed by atoms with van der Waals surface area (Å²) in [4.78, 5) is 12.0. The molecule has 2 aromatic rings. The van der Waals surface area contributed by atoms with Crippen LogP contribution in [0.15, 0.2) is 30.6 Å². The lowest BCUT2D eigenvalue weighted by Gasteiger charge is -2.38. The SMILES string of the molecule is CC1(OCC(=O)Nc2ccccc2-n2cnnn2)CNC1. The zero-order chi connectivity index (χ0) is 14.7. The Kier molecular flexibility index (Phi) is 3.63. The lowest BCUT2D eigenvalue weighted by molar-refractivity contribution is -0.130. The third-order valence-electron chi connectivity index (χ3n) is 3.32. The third-order valence-corrected chi connectivity index (χ3v) is 3.32. The van der Waals surface area contributed by atoms with Crippen LogP contribution >= 0.6 is 0 Å². The first-order valence-electron chi connectivity index (χ1n) is 6.63. The molecule has 3 rings (SSSR count).